The molecule has 2 aromatic rings. The van der Waals surface area contributed by atoms with E-state index >= 15 is 0 Å². The number of benzene rings is 2. The van der Waals surface area contributed by atoms with Crippen molar-refractivity contribution in [1.29, 1.82) is 0 Å². The molecule has 5 rings (SSSR count). The second-order valence-corrected chi connectivity index (χ2v) is 11.9. The van der Waals surface area contributed by atoms with E-state index in [9.17, 15) is 18.8 Å². The fourth-order valence-electron chi connectivity index (χ4n) is 6.55. The maximum absolute atomic E-state index is 14.5. The molecular weight excluding hydrogens is 531 g/mol. The fraction of sp³-hybridized carbons (Fsp3) is 0.529. The van der Waals surface area contributed by atoms with Crippen LogP contribution in [0.2, 0.25) is 0 Å². The van der Waals surface area contributed by atoms with Crippen LogP contribution in [-0.4, -0.2) is 47.0 Å². The number of amides is 3. The molecule has 0 bridgehead atoms. The molecule has 3 heterocycles. The first-order valence-corrected chi connectivity index (χ1v) is 15.8. The summed E-state index contributed by atoms with van der Waals surface area (Å²) in [6.07, 6.45) is 11.2. The van der Waals surface area contributed by atoms with Gasteiger partial charge in [0, 0.05) is 30.7 Å². The average molecular weight is 575 g/mol. The van der Waals surface area contributed by atoms with Gasteiger partial charge in [0.2, 0.25) is 17.7 Å². The van der Waals surface area contributed by atoms with Gasteiger partial charge in [-0.2, -0.15) is 0 Å². The van der Waals surface area contributed by atoms with Crippen molar-refractivity contribution >= 4 is 29.1 Å². The van der Waals surface area contributed by atoms with E-state index in [0.29, 0.717) is 37.1 Å². The van der Waals surface area contributed by atoms with Crippen LogP contribution < -0.4 is 10.6 Å². The van der Waals surface area contributed by atoms with Gasteiger partial charge in [-0.25, -0.2) is 4.39 Å². The molecule has 0 saturated carbocycles. The standard InChI is InChI=1S/C34H43FN4O3/c35-26-16-12-18-27-25(26)22-29(36-27)28-17-10-5-3-1-2-4-6-11-20-32(40)37-30(34(42)38-28)23-33(41)39-21-13-19-31(39)24-14-8-7-9-15-24/h7-9,12,14-16,18,28,30-31H,1-6,10-11,13,17,19-23H2,(H,37,40)(H,38,42)/t28-,30-,31?/m0/s1. The number of hydrogen-bond acceptors (Lipinski definition) is 4. The van der Waals surface area contributed by atoms with Crippen molar-refractivity contribution in [2.45, 2.75) is 108 Å². The van der Waals surface area contributed by atoms with Gasteiger partial charge in [0.05, 0.1) is 24.2 Å². The van der Waals surface area contributed by atoms with Crippen molar-refractivity contribution < 1.29 is 18.8 Å². The summed E-state index contributed by atoms with van der Waals surface area (Å²) in [6.45, 7) is 0.629. The Labute approximate surface area is 248 Å². The summed E-state index contributed by atoms with van der Waals surface area (Å²) < 4.78 is 14.5. The Hall–Kier alpha value is -3.55. The fourth-order valence-corrected chi connectivity index (χ4v) is 6.55. The van der Waals surface area contributed by atoms with E-state index in [0.717, 1.165) is 75.5 Å². The Morgan fingerprint density at radius 1 is 0.857 bits per heavy atom. The van der Waals surface area contributed by atoms with Crippen LogP contribution in [0.4, 0.5) is 10.1 Å². The molecule has 2 fully saturated rings. The lowest BCUT2D eigenvalue weighted by molar-refractivity contribution is -0.137. The molecule has 42 heavy (non-hydrogen) atoms. The molecule has 3 amide bonds. The Balaban J connectivity index is 1.34. The van der Waals surface area contributed by atoms with E-state index in [1.807, 2.05) is 35.2 Å². The van der Waals surface area contributed by atoms with Gasteiger partial charge in [-0.1, -0.05) is 81.3 Å². The second-order valence-electron chi connectivity index (χ2n) is 11.9. The lowest BCUT2D eigenvalue weighted by Crippen LogP contribution is -2.53. The number of carbonyl (C=O) groups excluding carboxylic acids is 3. The molecule has 224 valence electrons. The van der Waals surface area contributed by atoms with Gasteiger partial charge < -0.3 is 15.5 Å². The van der Waals surface area contributed by atoms with Crippen molar-refractivity contribution in [3.63, 3.8) is 0 Å². The van der Waals surface area contributed by atoms with Gasteiger partial charge in [-0.15, -0.1) is 0 Å². The van der Waals surface area contributed by atoms with Gasteiger partial charge >= 0.3 is 0 Å². The van der Waals surface area contributed by atoms with E-state index in [1.165, 1.54) is 6.07 Å². The summed E-state index contributed by atoms with van der Waals surface area (Å²) in [7, 11) is 0. The molecule has 3 aliphatic rings. The molecule has 0 aliphatic carbocycles. The van der Waals surface area contributed by atoms with E-state index in [1.54, 1.807) is 12.1 Å². The summed E-state index contributed by atoms with van der Waals surface area (Å²) in [5.74, 6) is -1.02. The number of rotatable bonds is 4. The number of carbonyl (C=O) groups is 3. The number of halogens is 1. The lowest BCUT2D eigenvalue weighted by Gasteiger charge is -2.28. The van der Waals surface area contributed by atoms with Gasteiger partial charge in [0.15, 0.2) is 0 Å². The van der Waals surface area contributed by atoms with Gasteiger partial charge in [0.1, 0.15) is 11.9 Å². The van der Waals surface area contributed by atoms with Gasteiger partial charge in [-0.3, -0.25) is 19.4 Å². The number of nitrogens with zero attached hydrogens (tertiary/aromatic N) is 2. The zero-order chi connectivity index (χ0) is 29.3. The number of hydrogen-bond donors (Lipinski definition) is 2. The maximum atomic E-state index is 14.5. The predicted octanol–water partition coefficient (Wildman–Crippen LogP) is 6.09. The van der Waals surface area contributed by atoms with E-state index < -0.39 is 12.1 Å². The van der Waals surface area contributed by atoms with Crippen molar-refractivity contribution in [3.8, 4) is 0 Å². The number of aliphatic imine (C=N–C) groups is 1. The van der Waals surface area contributed by atoms with E-state index in [-0.39, 0.29) is 36.0 Å². The van der Waals surface area contributed by atoms with Crippen LogP contribution in [0.15, 0.2) is 53.5 Å². The molecule has 2 N–H and O–H groups in total. The quantitative estimate of drug-likeness (QED) is 0.463. The molecule has 3 atom stereocenters. The third-order valence-electron chi connectivity index (χ3n) is 8.87. The van der Waals surface area contributed by atoms with Gasteiger partial charge in [-0.05, 0) is 43.4 Å². The van der Waals surface area contributed by atoms with Crippen LogP contribution in [0.1, 0.15) is 101 Å². The van der Waals surface area contributed by atoms with Crippen LogP contribution in [-0.2, 0) is 20.8 Å². The summed E-state index contributed by atoms with van der Waals surface area (Å²) in [6, 6.07) is 13.4. The minimum atomic E-state index is -0.987. The monoisotopic (exact) mass is 574 g/mol. The lowest BCUT2D eigenvalue weighted by atomic mass is 9.97. The maximum Gasteiger partial charge on any atom is 0.243 e. The smallest absolute Gasteiger partial charge is 0.243 e. The van der Waals surface area contributed by atoms with Crippen LogP contribution in [0, 0.1) is 5.82 Å². The Morgan fingerprint density at radius 2 is 1.60 bits per heavy atom. The molecule has 0 spiro atoms. The zero-order valence-electron chi connectivity index (χ0n) is 24.5. The molecule has 1 unspecified atom stereocenters. The number of likely N-dealkylation sites (tertiary alicyclic amines) is 1. The van der Waals surface area contributed by atoms with Crippen molar-refractivity contribution in [3.05, 3.63) is 65.5 Å². The Morgan fingerprint density at radius 3 is 2.36 bits per heavy atom. The van der Waals surface area contributed by atoms with Crippen LogP contribution >= 0.6 is 0 Å². The number of nitrogens with one attached hydrogen (secondary N) is 2. The van der Waals surface area contributed by atoms with Crippen molar-refractivity contribution in [2.24, 2.45) is 4.99 Å². The summed E-state index contributed by atoms with van der Waals surface area (Å²) in [4.78, 5) is 47.0. The molecule has 0 radical (unpaired) electrons. The highest BCUT2D eigenvalue weighted by molar-refractivity contribution is 6.01. The van der Waals surface area contributed by atoms with E-state index in [2.05, 4.69) is 10.6 Å². The first kappa shape index (κ1) is 29.9. The summed E-state index contributed by atoms with van der Waals surface area (Å²) in [5.41, 5.74) is 2.97. The van der Waals surface area contributed by atoms with Crippen LogP contribution in [0.5, 0.6) is 0 Å². The van der Waals surface area contributed by atoms with Crippen LogP contribution in [0.25, 0.3) is 0 Å². The SMILES string of the molecule is O=C1CCCCCCCCCC[C@@H](C2=Nc3cccc(F)c3C2)NC(=O)[C@H](CC(=O)N2CCCC2c2ccccc2)N1. The number of fused-ring (bicyclic) bond motifs is 1. The van der Waals surface area contributed by atoms with Gasteiger partial charge in [0.25, 0.3) is 0 Å². The van der Waals surface area contributed by atoms with Crippen LogP contribution in [0.3, 0.4) is 0 Å². The molecule has 7 nitrogen and oxygen atoms in total. The minimum Gasteiger partial charge on any atom is -0.346 e. The summed E-state index contributed by atoms with van der Waals surface area (Å²) >= 11 is 0. The first-order valence-electron chi connectivity index (χ1n) is 15.8. The van der Waals surface area contributed by atoms with Crippen molar-refractivity contribution in [1.82, 2.24) is 15.5 Å². The second kappa shape index (κ2) is 14.6. The highest BCUT2D eigenvalue weighted by Crippen LogP contribution is 2.33. The molecular formula is C34H43FN4O3. The molecule has 2 saturated heterocycles. The normalized spacial score (nSPS) is 24.5. The zero-order valence-corrected chi connectivity index (χ0v) is 24.5. The highest BCUT2D eigenvalue weighted by Gasteiger charge is 2.35. The minimum absolute atomic E-state index is 0.0300. The average Bonchev–Trinajstić information content (AvgIpc) is 3.66. The topological polar surface area (TPSA) is 90.9 Å². The largest absolute Gasteiger partial charge is 0.346 e. The van der Waals surface area contributed by atoms with Crippen molar-refractivity contribution in [2.75, 3.05) is 6.54 Å². The summed E-state index contributed by atoms with van der Waals surface area (Å²) in [5, 5.41) is 6.02. The Bertz CT molecular complexity index is 1280. The van der Waals surface area contributed by atoms with E-state index in [4.69, 9.17) is 4.99 Å². The molecule has 2 aromatic carbocycles. The molecule has 8 heteroatoms. The third kappa shape index (κ3) is 7.64. The third-order valence-corrected chi connectivity index (χ3v) is 8.87. The predicted molar refractivity (Wildman–Crippen MR) is 162 cm³/mol. The molecule has 3 aliphatic heterocycles. The molecule has 0 aromatic heterocycles. The Kier molecular flexibility index (Phi) is 10.4. The first-order chi connectivity index (χ1) is 20.5. The highest BCUT2D eigenvalue weighted by atomic mass is 19.1.